The molecule has 3 aliphatic heterocycles. The van der Waals surface area contributed by atoms with Gasteiger partial charge in [-0.1, -0.05) is 23.8 Å². The van der Waals surface area contributed by atoms with Crippen LogP contribution in [-0.4, -0.2) is 83.6 Å². The van der Waals surface area contributed by atoms with E-state index in [1.165, 1.54) is 11.3 Å². The number of nitrogens with zero attached hydrogens (tertiary/aromatic N) is 5. The molecule has 2 aromatic heterocycles. The number of nitriles is 1. The number of morpholine rings is 1. The number of urea groups is 1. The summed E-state index contributed by atoms with van der Waals surface area (Å²) in [4.78, 5) is 51.7. The number of hydrogen-bond donors (Lipinski definition) is 2. The number of thiophene rings is 1. The molecule has 0 spiro atoms. The Morgan fingerprint density at radius 2 is 1.96 bits per heavy atom. The van der Waals surface area contributed by atoms with Crippen LogP contribution in [0.5, 0.6) is 0 Å². The van der Waals surface area contributed by atoms with Crippen molar-refractivity contribution in [2.24, 2.45) is 0 Å². The maximum atomic E-state index is 13.7. The van der Waals surface area contributed by atoms with E-state index in [0.717, 1.165) is 24.2 Å². The highest BCUT2D eigenvalue weighted by atomic mass is 32.1. The lowest BCUT2D eigenvalue weighted by molar-refractivity contribution is -0.128. The molecule has 0 aliphatic carbocycles. The van der Waals surface area contributed by atoms with Crippen molar-refractivity contribution in [3.05, 3.63) is 64.4 Å². The second-order valence-corrected chi connectivity index (χ2v) is 13.6. The molecule has 0 saturated carbocycles. The zero-order valence-electron chi connectivity index (χ0n) is 27.1. The first-order valence-corrected chi connectivity index (χ1v) is 16.3. The molecule has 4 amide bonds. The topological polar surface area (TPSA) is 131 Å². The molecule has 0 bridgehead atoms. The van der Waals surface area contributed by atoms with Crippen LogP contribution in [0.1, 0.15) is 57.1 Å². The van der Waals surface area contributed by atoms with Crippen molar-refractivity contribution in [3.63, 3.8) is 0 Å². The fourth-order valence-electron chi connectivity index (χ4n) is 6.10. The summed E-state index contributed by atoms with van der Waals surface area (Å²) in [6, 6.07) is 3.20. The molecule has 2 saturated heterocycles. The van der Waals surface area contributed by atoms with E-state index in [1.54, 1.807) is 28.1 Å². The van der Waals surface area contributed by atoms with Gasteiger partial charge in [-0.25, -0.2) is 9.78 Å². The Kier molecular flexibility index (Phi) is 9.76. The number of amides is 4. The minimum absolute atomic E-state index is 0.0945. The molecular weight excluding hydrogens is 602 g/mol. The SMILES string of the molecule is C=C(C)/C=C\C(=C(C)C)N1C(=O)Nc2c(C(=O)N[C@@H]3CCCN(C(=O)/C(C#N)=C/C(C)(C)N4CCOCC4)C3)sc3nccc1c23. The summed E-state index contributed by atoms with van der Waals surface area (Å²) >= 11 is 1.22. The normalized spacial score (nSPS) is 19.2. The fraction of sp³-hybridized carbons (Fsp3) is 0.441. The molecule has 0 aromatic carbocycles. The first kappa shape index (κ1) is 33.1. The Hall–Kier alpha value is -4.31. The number of likely N-dealkylation sites (tertiary alicyclic amines) is 1. The summed E-state index contributed by atoms with van der Waals surface area (Å²) in [6.45, 7) is 17.1. The van der Waals surface area contributed by atoms with E-state index in [-0.39, 0.29) is 36.0 Å². The van der Waals surface area contributed by atoms with Gasteiger partial charge in [0.1, 0.15) is 21.3 Å². The van der Waals surface area contributed by atoms with Crippen LogP contribution in [0.4, 0.5) is 16.2 Å². The van der Waals surface area contributed by atoms with E-state index in [0.29, 0.717) is 64.8 Å². The van der Waals surface area contributed by atoms with Crippen LogP contribution < -0.4 is 15.5 Å². The van der Waals surface area contributed by atoms with Crippen molar-refractivity contribution < 1.29 is 19.1 Å². The van der Waals surface area contributed by atoms with Gasteiger partial charge in [-0.05, 0) is 65.7 Å². The van der Waals surface area contributed by atoms with Crippen LogP contribution in [0.15, 0.2) is 59.5 Å². The van der Waals surface area contributed by atoms with Gasteiger partial charge in [-0.2, -0.15) is 5.26 Å². The standard InChI is InChI=1S/C34H41N7O4S/c1-21(2)9-10-25(22(3)4)41-26-11-12-36-31-27(26)28(38-33(41)44)29(46-31)30(42)37-24-8-7-13-39(20-24)32(43)23(19-35)18-34(5,6)40-14-16-45-17-15-40/h9-12,18,24H,1,7-8,13-17,20H2,2-6H3,(H,37,42)(H,38,44)/b10-9-,23-18+/t24-/m1/s1. The van der Waals surface area contributed by atoms with E-state index in [2.05, 4.69) is 33.2 Å². The van der Waals surface area contributed by atoms with Crippen LogP contribution in [0.2, 0.25) is 0 Å². The van der Waals surface area contributed by atoms with Gasteiger partial charge in [0, 0.05) is 49.7 Å². The molecule has 2 fully saturated rings. The fourth-order valence-corrected chi connectivity index (χ4v) is 7.12. The lowest BCUT2D eigenvalue weighted by Crippen LogP contribution is -2.51. The Labute approximate surface area is 273 Å². The van der Waals surface area contributed by atoms with Crippen molar-refractivity contribution in [3.8, 4) is 6.07 Å². The minimum Gasteiger partial charge on any atom is -0.379 e. The van der Waals surface area contributed by atoms with Crippen LogP contribution in [-0.2, 0) is 9.53 Å². The predicted molar refractivity (Wildman–Crippen MR) is 181 cm³/mol. The quantitative estimate of drug-likeness (QED) is 0.225. The van der Waals surface area contributed by atoms with Gasteiger partial charge >= 0.3 is 6.03 Å². The van der Waals surface area contributed by atoms with E-state index in [9.17, 15) is 19.6 Å². The van der Waals surface area contributed by atoms with Crippen LogP contribution in [0, 0.1) is 11.3 Å². The van der Waals surface area contributed by atoms with Gasteiger partial charge in [0.15, 0.2) is 0 Å². The molecule has 3 aliphatic rings. The average Bonchev–Trinajstić information content (AvgIpc) is 3.40. The second-order valence-electron chi connectivity index (χ2n) is 12.6. The minimum atomic E-state index is -0.489. The monoisotopic (exact) mass is 643 g/mol. The third-order valence-electron chi connectivity index (χ3n) is 8.45. The van der Waals surface area contributed by atoms with E-state index in [1.807, 2.05) is 46.8 Å². The highest BCUT2D eigenvalue weighted by Gasteiger charge is 2.35. The van der Waals surface area contributed by atoms with Crippen molar-refractivity contribution >= 4 is 50.8 Å². The van der Waals surface area contributed by atoms with Crippen LogP contribution in [0.3, 0.4) is 0 Å². The summed E-state index contributed by atoms with van der Waals surface area (Å²) < 4.78 is 5.46. The molecular formula is C34H41N7O4S. The van der Waals surface area contributed by atoms with Crippen LogP contribution in [0.25, 0.3) is 10.2 Å². The number of aromatic nitrogens is 1. The number of rotatable bonds is 8. The predicted octanol–water partition coefficient (Wildman–Crippen LogP) is 5.36. The summed E-state index contributed by atoms with van der Waals surface area (Å²) in [7, 11) is 0. The maximum absolute atomic E-state index is 13.7. The number of ether oxygens (including phenoxy) is 1. The van der Waals surface area contributed by atoms with Gasteiger partial charge in [0.2, 0.25) is 0 Å². The number of nitrogens with one attached hydrogen (secondary N) is 2. The number of hydrogen-bond acceptors (Lipinski definition) is 8. The number of anilines is 2. The van der Waals surface area contributed by atoms with Crippen molar-refractivity contribution in [1.29, 1.82) is 5.26 Å². The van der Waals surface area contributed by atoms with E-state index < -0.39 is 5.54 Å². The highest BCUT2D eigenvalue weighted by molar-refractivity contribution is 7.21. The Morgan fingerprint density at radius 3 is 2.63 bits per heavy atom. The van der Waals surface area contributed by atoms with Gasteiger partial charge in [-0.15, -0.1) is 11.3 Å². The van der Waals surface area contributed by atoms with Crippen LogP contribution >= 0.6 is 11.3 Å². The van der Waals surface area contributed by atoms with Gasteiger partial charge < -0.3 is 20.3 Å². The summed E-state index contributed by atoms with van der Waals surface area (Å²) in [5.74, 6) is -0.678. The molecule has 0 unspecified atom stereocenters. The lowest BCUT2D eigenvalue weighted by Gasteiger charge is -2.39. The third kappa shape index (κ3) is 6.77. The van der Waals surface area contributed by atoms with E-state index >= 15 is 0 Å². The molecule has 0 radical (unpaired) electrons. The first-order chi connectivity index (χ1) is 21.9. The third-order valence-corrected chi connectivity index (χ3v) is 9.55. The molecule has 11 nitrogen and oxygen atoms in total. The van der Waals surface area contributed by atoms with Crippen molar-refractivity contribution in [2.45, 2.75) is 59.0 Å². The number of allylic oxidation sites excluding steroid dienone is 4. The first-order valence-electron chi connectivity index (χ1n) is 15.5. The lowest BCUT2D eigenvalue weighted by atomic mass is 9.97. The molecule has 12 heteroatoms. The molecule has 242 valence electrons. The maximum Gasteiger partial charge on any atom is 0.331 e. The van der Waals surface area contributed by atoms with Crippen molar-refractivity contribution in [2.75, 3.05) is 49.6 Å². The molecule has 46 heavy (non-hydrogen) atoms. The van der Waals surface area contributed by atoms with Gasteiger partial charge in [0.05, 0.1) is 30.0 Å². The zero-order chi connectivity index (χ0) is 33.2. The summed E-state index contributed by atoms with van der Waals surface area (Å²) in [6.07, 6.45) is 8.47. The molecule has 5 heterocycles. The van der Waals surface area contributed by atoms with Crippen molar-refractivity contribution in [1.82, 2.24) is 20.1 Å². The van der Waals surface area contributed by atoms with Gasteiger partial charge in [-0.3, -0.25) is 19.4 Å². The molecule has 5 rings (SSSR count). The molecule has 2 N–H and O–H groups in total. The second kappa shape index (κ2) is 13.6. The number of carbonyl (C=O) groups excluding carboxylic acids is 3. The number of carbonyl (C=O) groups is 3. The Morgan fingerprint density at radius 1 is 1.22 bits per heavy atom. The van der Waals surface area contributed by atoms with E-state index in [4.69, 9.17) is 4.74 Å². The number of piperidine rings is 1. The Balaban J connectivity index is 1.35. The summed E-state index contributed by atoms with van der Waals surface area (Å²) in [5.41, 5.74) is 3.18. The largest absolute Gasteiger partial charge is 0.379 e. The Bertz CT molecular complexity index is 1700. The smallest absolute Gasteiger partial charge is 0.331 e. The zero-order valence-corrected chi connectivity index (χ0v) is 27.9. The molecule has 1 atom stereocenters. The highest BCUT2D eigenvalue weighted by Crippen LogP contribution is 2.45. The average molecular weight is 644 g/mol. The molecule has 2 aromatic rings. The summed E-state index contributed by atoms with van der Waals surface area (Å²) in [5, 5.41) is 16.7. The number of pyridine rings is 1. The van der Waals surface area contributed by atoms with Gasteiger partial charge in [0.25, 0.3) is 11.8 Å².